The lowest BCUT2D eigenvalue weighted by Crippen LogP contribution is -2.46. The van der Waals surface area contributed by atoms with Crippen molar-refractivity contribution in [3.05, 3.63) is 52.7 Å². The zero-order valence-corrected chi connectivity index (χ0v) is 9.48. The Labute approximate surface area is 98.1 Å². The SMILES string of the molecule is O=C1C[C@@H](c2cccs2)N1c1ccccc1. The normalized spacial score (nSPS) is 19.6. The van der Waals surface area contributed by atoms with Crippen molar-refractivity contribution in [3.8, 4) is 0 Å². The number of nitrogens with zero attached hydrogens (tertiary/aromatic N) is 1. The number of carbonyl (C=O) groups excluding carboxylic acids is 1. The lowest BCUT2D eigenvalue weighted by molar-refractivity contribution is -0.124. The third kappa shape index (κ3) is 1.44. The molecule has 0 saturated carbocycles. The fraction of sp³-hybridized carbons (Fsp3) is 0.154. The van der Waals surface area contributed by atoms with E-state index >= 15 is 0 Å². The summed E-state index contributed by atoms with van der Waals surface area (Å²) < 4.78 is 0. The van der Waals surface area contributed by atoms with Gasteiger partial charge in [0.25, 0.3) is 0 Å². The molecule has 3 rings (SSSR count). The molecule has 1 fully saturated rings. The van der Waals surface area contributed by atoms with Gasteiger partial charge in [-0.15, -0.1) is 11.3 Å². The Morgan fingerprint density at radius 1 is 1.12 bits per heavy atom. The van der Waals surface area contributed by atoms with E-state index in [1.165, 1.54) is 4.88 Å². The van der Waals surface area contributed by atoms with Crippen LogP contribution in [0.4, 0.5) is 5.69 Å². The van der Waals surface area contributed by atoms with Gasteiger partial charge in [-0.25, -0.2) is 0 Å². The first kappa shape index (κ1) is 9.60. The number of carbonyl (C=O) groups is 1. The summed E-state index contributed by atoms with van der Waals surface area (Å²) in [6.07, 6.45) is 0.634. The lowest BCUT2D eigenvalue weighted by atomic mass is 9.99. The monoisotopic (exact) mass is 229 g/mol. The van der Waals surface area contributed by atoms with Gasteiger partial charge in [0.05, 0.1) is 12.5 Å². The minimum Gasteiger partial charge on any atom is -0.304 e. The maximum absolute atomic E-state index is 11.7. The number of β-lactam (4-membered cyclic amide) rings is 1. The number of amides is 1. The summed E-state index contributed by atoms with van der Waals surface area (Å²) in [6.45, 7) is 0. The maximum Gasteiger partial charge on any atom is 0.230 e. The predicted molar refractivity (Wildman–Crippen MR) is 65.6 cm³/mol. The van der Waals surface area contributed by atoms with Gasteiger partial charge in [-0.3, -0.25) is 4.79 Å². The summed E-state index contributed by atoms with van der Waals surface area (Å²) in [7, 11) is 0. The Morgan fingerprint density at radius 3 is 2.56 bits per heavy atom. The van der Waals surface area contributed by atoms with Crippen LogP contribution < -0.4 is 4.90 Å². The summed E-state index contributed by atoms with van der Waals surface area (Å²) >= 11 is 1.71. The molecule has 16 heavy (non-hydrogen) atoms. The quantitative estimate of drug-likeness (QED) is 0.724. The Kier molecular flexibility index (Phi) is 2.26. The van der Waals surface area contributed by atoms with E-state index in [9.17, 15) is 4.79 Å². The van der Waals surface area contributed by atoms with Gasteiger partial charge in [-0.1, -0.05) is 24.3 Å². The van der Waals surface area contributed by atoms with Crippen molar-refractivity contribution in [1.82, 2.24) is 0 Å². The van der Waals surface area contributed by atoms with Crippen LogP contribution in [0.1, 0.15) is 17.3 Å². The van der Waals surface area contributed by atoms with E-state index in [0.29, 0.717) is 6.42 Å². The van der Waals surface area contributed by atoms with Crippen molar-refractivity contribution in [2.75, 3.05) is 4.90 Å². The zero-order valence-electron chi connectivity index (χ0n) is 8.67. The van der Waals surface area contributed by atoms with Gasteiger partial charge in [0.1, 0.15) is 0 Å². The van der Waals surface area contributed by atoms with E-state index in [1.54, 1.807) is 11.3 Å². The highest BCUT2D eigenvalue weighted by Crippen LogP contribution is 2.40. The van der Waals surface area contributed by atoms with Crippen LogP contribution in [0.3, 0.4) is 0 Å². The second-order valence-electron chi connectivity index (χ2n) is 3.83. The van der Waals surface area contributed by atoms with E-state index in [-0.39, 0.29) is 11.9 Å². The summed E-state index contributed by atoms with van der Waals surface area (Å²) in [5.41, 5.74) is 0.997. The van der Waals surface area contributed by atoms with Crippen LogP contribution in [0.25, 0.3) is 0 Å². The van der Waals surface area contributed by atoms with Crippen molar-refractivity contribution in [2.45, 2.75) is 12.5 Å². The molecule has 0 N–H and O–H groups in total. The number of hydrogen-bond donors (Lipinski definition) is 0. The molecule has 1 aliphatic rings. The van der Waals surface area contributed by atoms with Gasteiger partial charge < -0.3 is 4.90 Å². The number of benzene rings is 1. The molecule has 0 unspecified atom stereocenters. The second-order valence-corrected chi connectivity index (χ2v) is 4.81. The molecule has 0 spiro atoms. The molecule has 80 valence electrons. The van der Waals surface area contributed by atoms with Crippen LogP contribution in [0.5, 0.6) is 0 Å². The van der Waals surface area contributed by atoms with Gasteiger partial charge in [-0.05, 0) is 23.6 Å². The molecule has 0 radical (unpaired) electrons. The molecule has 0 aliphatic carbocycles. The summed E-state index contributed by atoms with van der Waals surface area (Å²) in [6, 6.07) is 14.2. The standard InChI is InChI=1S/C13H11NOS/c15-13-9-11(12-7-4-8-16-12)14(13)10-5-2-1-3-6-10/h1-8,11H,9H2/t11-/m0/s1. The number of hydrogen-bond acceptors (Lipinski definition) is 2. The van der Waals surface area contributed by atoms with Crippen LogP contribution in [0.15, 0.2) is 47.8 Å². The second kappa shape index (κ2) is 3.76. The van der Waals surface area contributed by atoms with Gasteiger partial charge in [0, 0.05) is 10.6 Å². The molecule has 1 aromatic heterocycles. The number of anilines is 1. The first-order chi connectivity index (χ1) is 7.86. The molecular formula is C13H11NOS. The molecule has 1 amide bonds. The minimum atomic E-state index is 0.213. The first-order valence-electron chi connectivity index (χ1n) is 5.27. The van der Waals surface area contributed by atoms with E-state index in [0.717, 1.165) is 5.69 Å². The lowest BCUT2D eigenvalue weighted by Gasteiger charge is -2.39. The molecule has 2 heterocycles. The number of rotatable bonds is 2. The van der Waals surface area contributed by atoms with Crippen molar-refractivity contribution in [2.24, 2.45) is 0 Å². The molecule has 1 aliphatic heterocycles. The Morgan fingerprint density at radius 2 is 1.94 bits per heavy atom. The highest BCUT2D eigenvalue weighted by atomic mass is 32.1. The summed E-state index contributed by atoms with van der Waals surface area (Å²) in [4.78, 5) is 14.8. The van der Waals surface area contributed by atoms with Crippen molar-refractivity contribution < 1.29 is 4.79 Å². The van der Waals surface area contributed by atoms with E-state index in [1.807, 2.05) is 41.3 Å². The van der Waals surface area contributed by atoms with Gasteiger partial charge in [0.15, 0.2) is 0 Å². The smallest absolute Gasteiger partial charge is 0.230 e. The molecule has 1 saturated heterocycles. The van der Waals surface area contributed by atoms with Crippen LogP contribution in [0, 0.1) is 0 Å². The average Bonchev–Trinajstić information content (AvgIpc) is 2.80. The largest absolute Gasteiger partial charge is 0.304 e. The Balaban J connectivity index is 1.92. The first-order valence-corrected chi connectivity index (χ1v) is 6.15. The van der Waals surface area contributed by atoms with Gasteiger partial charge in [-0.2, -0.15) is 0 Å². The van der Waals surface area contributed by atoms with E-state index in [4.69, 9.17) is 0 Å². The fourth-order valence-corrected chi connectivity index (χ4v) is 2.85. The van der Waals surface area contributed by atoms with Gasteiger partial charge >= 0.3 is 0 Å². The average molecular weight is 229 g/mol. The molecule has 1 atom stereocenters. The molecular weight excluding hydrogens is 218 g/mol. The number of thiophene rings is 1. The molecule has 2 aromatic rings. The number of para-hydroxylation sites is 1. The molecule has 0 bridgehead atoms. The van der Waals surface area contributed by atoms with Crippen LogP contribution in [-0.2, 0) is 4.79 Å². The highest BCUT2D eigenvalue weighted by Gasteiger charge is 2.38. The minimum absolute atomic E-state index is 0.213. The van der Waals surface area contributed by atoms with Crippen molar-refractivity contribution in [1.29, 1.82) is 0 Å². The Hall–Kier alpha value is -1.61. The van der Waals surface area contributed by atoms with Crippen LogP contribution in [0.2, 0.25) is 0 Å². The molecule has 3 heteroatoms. The summed E-state index contributed by atoms with van der Waals surface area (Å²) in [5.74, 6) is 0.213. The van der Waals surface area contributed by atoms with E-state index in [2.05, 4.69) is 11.4 Å². The predicted octanol–water partition coefficient (Wildman–Crippen LogP) is 3.23. The summed E-state index contributed by atoms with van der Waals surface area (Å²) in [5, 5.41) is 2.06. The molecule has 1 aromatic carbocycles. The highest BCUT2D eigenvalue weighted by molar-refractivity contribution is 7.10. The fourth-order valence-electron chi connectivity index (χ4n) is 2.04. The molecule has 2 nitrogen and oxygen atoms in total. The zero-order chi connectivity index (χ0) is 11.0. The third-order valence-electron chi connectivity index (χ3n) is 2.85. The third-order valence-corrected chi connectivity index (χ3v) is 3.83. The van der Waals surface area contributed by atoms with Crippen LogP contribution >= 0.6 is 11.3 Å². The van der Waals surface area contributed by atoms with E-state index < -0.39 is 0 Å². The maximum atomic E-state index is 11.7. The topological polar surface area (TPSA) is 20.3 Å². The van der Waals surface area contributed by atoms with Crippen molar-refractivity contribution in [3.63, 3.8) is 0 Å². The van der Waals surface area contributed by atoms with Crippen LogP contribution in [-0.4, -0.2) is 5.91 Å². The Bertz CT molecular complexity index is 492. The van der Waals surface area contributed by atoms with Crippen molar-refractivity contribution >= 4 is 22.9 Å². The van der Waals surface area contributed by atoms with Gasteiger partial charge in [0.2, 0.25) is 5.91 Å².